The van der Waals surface area contributed by atoms with Gasteiger partial charge in [0.25, 0.3) is 0 Å². The van der Waals surface area contributed by atoms with Gasteiger partial charge in [-0.1, -0.05) is 45.0 Å². The van der Waals surface area contributed by atoms with Gasteiger partial charge in [0.2, 0.25) is 0 Å². The van der Waals surface area contributed by atoms with Crippen LogP contribution >= 0.6 is 0 Å². The fourth-order valence-electron chi connectivity index (χ4n) is 2.42. The van der Waals surface area contributed by atoms with Crippen molar-refractivity contribution < 1.29 is 0 Å². The van der Waals surface area contributed by atoms with Crippen molar-refractivity contribution in [3.05, 3.63) is 53.3 Å². The number of likely N-dealkylation sites (N-methyl/N-ethyl adjacent to an activating group) is 1. The Morgan fingerprint density at radius 2 is 1.85 bits per heavy atom. The largest absolute Gasteiger partial charge is 0.309 e. The lowest BCUT2D eigenvalue weighted by molar-refractivity contribution is 0.528. The molecule has 0 saturated heterocycles. The van der Waals surface area contributed by atoms with E-state index in [2.05, 4.69) is 61.5 Å². The van der Waals surface area contributed by atoms with Crippen LogP contribution in [-0.4, -0.2) is 16.3 Å². The average Bonchev–Trinajstić information content (AvgIpc) is 2.85. The average molecular weight is 271 g/mol. The standard InChI is InChI=1S/C17H25N3/c1-5-18-17(16-10-11-20(4)19-16)12-14-6-8-15(9-7-14)13(2)3/h6-11,13,17-18H,5,12H2,1-4H3. The number of rotatable bonds is 6. The minimum Gasteiger partial charge on any atom is -0.309 e. The number of aromatic nitrogens is 2. The summed E-state index contributed by atoms with van der Waals surface area (Å²) in [4.78, 5) is 0. The van der Waals surface area contributed by atoms with Crippen molar-refractivity contribution in [3.8, 4) is 0 Å². The molecule has 1 aromatic carbocycles. The van der Waals surface area contributed by atoms with E-state index in [1.165, 1.54) is 11.1 Å². The molecule has 3 nitrogen and oxygen atoms in total. The predicted molar refractivity (Wildman–Crippen MR) is 83.9 cm³/mol. The third kappa shape index (κ3) is 3.70. The number of hydrogen-bond donors (Lipinski definition) is 1. The van der Waals surface area contributed by atoms with E-state index in [1.54, 1.807) is 0 Å². The van der Waals surface area contributed by atoms with Crippen LogP contribution < -0.4 is 5.32 Å². The summed E-state index contributed by atoms with van der Waals surface area (Å²) in [6.07, 6.45) is 2.98. The summed E-state index contributed by atoms with van der Waals surface area (Å²) in [5.41, 5.74) is 3.86. The van der Waals surface area contributed by atoms with E-state index in [4.69, 9.17) is 0 Å². The van der Waals surface area contributed by atoms with Crippen LogP contribution in [0.3, 0.4) is 0 Å². The van der Waals surface area contributed by atoms with E-state index in [1.807, 2.05) is 17.9 Å². The summed E-state index contributed by atoms with van der Waals surface area (Å²) < 4.78 is 1.86. The molecule has 0 aliphatic heterocycles. The highest BCUT2D eigenvalue weighted by molar-refractivity contribution is 5.26. The topological polar surface area (TPSA) is 29.9 Å². The molecule has 0 amide bonds. The summed E-state index contributed by atoms with van der Waals surface area (Å²) in [6, 6.07) is 11.3. The van der Waals surface area contributed by atoms with Crippen molar-refractivity contribution in [2.45, 2.75) is 39.2 Å². The molecule has 0 saturated carbocycles. The lowest BCUT2D eigenvalue weighted by atomic mass is 9.98. The first-order valence-electron chi connectivity index (χ1n) is 7.42. The van der Waals surface area contributed by atoms with Gasteiger partial charge in [-0.25, -0.2) is 0 Å². The van der Waals surface area contributed by atoms with E-state index in [-0.39, 0.29) is 6.04 Å². The van der Waals surface area contributed by atoms with Gasteiger partial charge in [0.1, 0.15) is 0 Å². The molecule has 1 aromatic heterocycles. The zero-order valence-corrected chi connectivity index (χ0v) is 12.9. The maximum atomic E-state index is 4.53. The SMILES string of the molecule is CCNC(Cc1ccc(C(C)C)cc1)c1ccn(C)n1. The number of hydrogen-bond acceptors (Lipinski definition) is 2. The van der Waals surface area contributed by atoms with Crippen LogP contribution in [0.5, 0.6) is 0 Å². The second kappa shape index (κ2) is 6.71. The Bertz CT molecular complexity index is 525. The van der Waals surface area contributed by atoms with Crippen LogP contribution in [0.25, 0.3) is 0 Å². The molecule has 2 aromatic rings. The van der Waals surface area contributed by atoms with Crippen LogP contribution in [0.4, 0.5) is 0 Å². The molecule has 1 unspecified atom stereocenters. The lowest BCUT2D eigenvalue weighted by Gasteiger charge is -2.16. The summed E-state index contributed by atoms with van der Waals surface area (Å²) in [5, 5.41) is 8.05. The minimum atomic E-state index is 0.283. The third-order valence-electron chi connectivity index (χ3n) is 3.63. The first kappa shape index (κ1) is 14.8. The van der Waals surface area contributed by atoms with Crippen molar-refractivity contribution in [1.29, 1.82) is 0 Å². The van der Waals surface area contributed by atoms with Crippen molar-refractivity contribution in [1.82, 2.24) is 15.1 Å². The first-order valence-corrected chi connectivity index (χ1v) is 7.42. The molecule has 0 fully saturated rings. The van der Waals surface area contributed by atoms with Crippen molar-refractivity contribution in [3.63, 3.8) is 0 Å². The maximum Gasteiger partial charge on any atom is 0.0797 e. The monoisotopic (exact) mass is 271 g/mol. The van der Waals surface area contributed by atoms with Gasteiger partial charge in [0.05, 0.1) is 11.7 Å². The molecule has 1 atom stereocenters. The number of aryl methyl sites for hydroxylation is 1. The van der Waals surface area contributed by atoms with E-state index in [9.17, 15) is 0 Å². The van der Waals surface area contributed by atoms with E-state index < -0.39 is 0 Å². The summed E-state index contributed by atoms with van der Waals surface area (Å²) in [5.74, 6) is 0.587. The highest BCUT2D eigenvalue weighted by Gasteiger charge is 2.13. The molecule has 3 heteroatoms. The minimum absolute atomic E-state index is 0.283. The van der Waals surface area contributed by atoms with Crippen LogP contribution in [0, 0.1) is 0 Å². The van der Waals surface area contributed by atoms with Crippen LogP contribution in [0.2, 0.25) is 0 Å². The Hall–Kier alpha value is -1.61. The Kier molecular flexibility index (Phi) is 4.96. The smallest absolute Gasteiger partial charge is 0.0797 e. The maximum absolute atomic E-state index is 4.53. The lowest BCUT2D eigenvalue weighted by Crippen LogP contribution is -2.23. The second-order valence-electron chi connectivity index (χ2n) is 5.62. The second-order valence-corrected chi connectivity index (χ2v) is 5.62. The zero-order chi connectivity index (χ0) is 14.5. The zero-order valence-electron chi connectivity index (χ0n) is 12.9. The van der Waals surface area contributed by atoms with E-state index in [0.717, 1.165) is 18.7 Å². The van der Waals surface area contributed by atoms with Gasteiger partial charge >= 0.3 is 0 Å². The van der Waals surface area contributed by atoms with Crippen molar-refractivity contribution >= 4 is 0 Å². The van der Waals surface area contributed by atoms with E-state index >= 15 is 0 Å². The summed E-state index contributed by atoms with van der Waals surface area (Å²) in [7, 11) is 1.96. The van der Waals surface area contributed by atoms with Gasteiger partial charge in [-0.05, 0) is 36.1 Å². The Morgan fingerprint density at radius 1 is 1.15 bits per heavy atom. The molecule has 108 valence electrons. The molecule has 20 heavy (non-hydrogen) atoms. The molecular formula is C17H25N3. The van der Waals surface area contributed by atoms with Crippen LogP contribution in [0.15, 0.2) is 36.5 Å². The molecule has 2 rings (SSSR count). The van der Waals surface area contributed by atoms with Gasteiger partial charge in [-0.15, -0.1) is 0 Å². The van der Waals surface area contributed by atoms with Crippen molar-refractivity contribution in [2.24, 2.45) is 7.05 Å². The highest BCUT2D eigenvalue weighted by atomic mass is 15.3. The number of nitrogens with one attached hydrogen (secondary N) is 1. The number of benzene rings is 1. The molecule has 1 N–H and O–H groups in total. The fraction of sp³-hybridized carbons (Fsp3) is 0.471. The van der Waals surface area contributed by atoms with Gasteiger partial charge < -0.3 is 5.32 Å². The molecule has 0 bridgehead atoms. The fourth-order valence-corrected chi connectivity index (χ4v) is 2.42. The third-order valence-corrected chi connectivity index (χ3v) is 3.63. The predicted octanol–water partition coefficient (Wildman–Crippen LogP) is 3.44. The van der Waals surface area contributed by atoms with Crippen LogP contribution in [-0.2, 0) is 13.5 Å². The quantitative estimate of drug-likeness (QED) is 0.872. The van der Waals surface area contributed by atoms with Crippen LogP contribution in [0.1, 0.15) is 49.6 Å². The molecule has 0 radical (unpaired) electrons. The van der Waals surface area contributed by atoms with Gasteiger partial charge in [-0.2, -0.15) is 5.10 Å². The summed E-state index contributed by atoms with van der Waals surface area (Å²) >= 11 is 0. The molecule has 0 spiro atoms. The Morgan fingerprint density at radius 3 is 2.35 bits per heavy atom. The molecule has 0 aliphatic rings. The normalized spacial score (nSPS) is 12.8. The van der Waals surface area contributed by atoms with E-state index in [0.29, 0.717) is 5.92 Å². The van der Waals surface area contributed by atoms with Gasteiger partial charge in [0.15, 0.2) is 0 Å². The first-order chi connectivity index (χ1) is 9.60. The summed E-state index contributed by atoms with van der Waals surface area (Å²) in [6.45, 7) is 7.54. The molecular weight excluding hydrogens is 246 g/mol. The molecule has 1 heterocycles. The van der Waals surface area contributed by atoms with Crippen molar-refractivity contribution in [2.75, 3.05) is 6.54 Å². The Labute approximate surface area is 122 Å². The Balaban J connectivity index is 2.11. The highest BCUT2D eigenvalue weighted by Crippen LogP contribution is 2.19. The molecule has 0 aliphatic carbocycles. The van der Waals surface area contributed by atoms with Gasteiger partial charge in [0, 0.05) is 13.2 Å². The van der Waals surface area contributed by atoms with Gasteiger partial charge in [-0.3, -0.25) is 4.68 Å². The number of nitrogens with zero attached hydrogens (tertiary/aromatic N) is 2.